The van der Waals surface area contributed by atoms with Gasteiger partial charge < -0.3 is 19.9 Å². The minimum Gasteiger partial charge on any atom is -0.374 e. The van der Waals surface area contributed by atoms with Gasteiger partial charge in [0.1, 0.15) is 0 Å². The summed E-state index contributed by atoms with van der Waals surface area (Å²) in [6, 6.07) is 7.96. The van der Waals surface area contributed by atoms with Gasteiger partial charge in [-0.3, -0.25) is 4.90 Å². The fourth-order valence-electron chi connectivity index (χ4n) is 3.80. The summed E-state index contributed by atoms with van der Waals surface area (Å²) >= 11 is 0. The molecule has 0 aliphatic carbocycles. The molecule has 6 nitrogen and oxygen atoms in total. The highest BCUT2D eigenvalue weighted by atomic mass is 16.5. The average molecular weight is 387 g/mol. The molecule has 3 rings (SSSR count). The van der Waals surface area contributed by atoms with E-state index in [1.54, 1.807) is 0 Å². The Morgan fingerprint density at radius 3 is 2.71 bits per heavy atom. The standard InChI is InChI=1S/C22H34N4O2/c1-16(2)13-25-9-10-28-20(15-25)12-23-22(27)24-19-5-6-21-18(11-19)7-8-26(21)14-17(3)4/h5-8,11,16-17,20H,9-10,12-15H2,1-4H3,(H2,23,24,27). The van der Waals surface area contributed by atoms with Gasteiger partial charge in [-0.25, -0.2) is 4.79 Å². The third kappa shape index (κ3) is 5.72. The zero-order valence-corrected chi connectivity index (χ0v) is 17.6. The van der Waals surface area contributed by atoms with Gasteiger partial charge in [0.2, 0.25) is 0 Å². The highest BCUT2D eigenvalue weighted by Crippen LogP contribution is 2.21. The highest BCUT2D eigenvalue weighted by Gasteiger charge is 2.21. The molecule has 1 aliphatic heterocycles. The molecule has 1 aromatic carbocycles. The molecule has 2 amide bonds. The van der Waals surface area contributed by atoms with E-state index in [1.165, 1.54) is 5.52 Å². The Hall–Kier alpha value is -2.05. The summed E-state index contributed by atoms with van der Waals surface area (Å²) in [4.78, 5) is 14.7. The first-order valence-corrected chi connectivity index (χ1v) is 10.4. The second-order valence-corrected chi connectivity index (χ2v) is 8.62. The maximum Gasteiger partial charge on any atom is 0.319 e. The SMILES string of the molecule is CC(C)CN1CCOC(CNC(=O)Nc2ccc3c(ccn3CC(C)C)c2)C1. The van der Waals surface area contributed by atoms with Gasteiger partial charge >= 0.3 is 6.03 Å². The van der Waals surface area contributed by atoms with E-state index < -0.39 is 0 Å². The van der Waals surface area contributed by atoms with Gasteiger partial charge in [-0.2, -0.15) is 0 Å². The summed E-state index contributed by atoms with van der Waals surface area (Å²) in [5.41, 5.74) is 2.00. The van der Waals surface area contributed by atoms with Gasteiger partial charge in [-0.1, -0.05) is 27.7 Å². The number of nitrogens with zero attached hydrogens (tertiary/aromatic N) is 2. The first kappa shape index (κ1) is 20.7. The Balaban J connectivity index is 1.50. The number of hydrogen-bond donors (Lipinski definition) is 2. The van der Waals surface area contributed by atoms with Gasteiger partial charge in [0.05, 0.1) is 12.7 Å². The Bertz CT molecular complexity index is 784. The van der Waals surface area contributed by atoms with Gasteiger partial charge in [0, 0.05) is 55.5 Å². The van der Waals surface area contributed by atoms with Gasteiger partial charge in [-0.05, 0) is 36.1 Å². The maximum atomic E-state index is 12.3. The molecule has 0 radical (unpaired) electrons. The average Bonchev–Trinajstić information content (AvgIpc) is 3.01. The number of fused-ring (bicyclic) bond motifs is 1. The molecule has 1 aliphatic rings. The molecule has 2 aromatic rings. The molecule has 1 atom stereocenters. The van der Waals surface area contributed by atoms with Crippen LogP contribution in [0.1, 0.15) is 27.7 Å². The quantitative estimate of drug-likeness (QED) is 0.761. The molecule has 0 saturated carbocycles. The van der Waals surface area contributed by atoms with Crippen LogP contribution in [0.3, 0.4) is 0 Å². The fraction of sp³-hybridized carbons (Fsp3) is 0.591. The van der Waals surface area contributed by atoms with Crippen LogP contribution in [0.2, 0.25) is 0 Å². The number of morpholine rings is 1. The van der Waals surface area contributed by atoms with E-state index in [1.807, 2.05) is 12.1 Å². The lowest BCUT2D eigenvalue weighted by Crippen LogP contribution is -2.48. The van der Waals surface area contributed by atoms with E-state index in [0.717, 1.165) is 43.9 Å². The normalized spacial score (nSPS) is 18.1. The van der Waals surface area contributed by atoms with E-state index in [2.05, 4.69) is 66.1 Å². The topological polar surface area (TPSA) is 58.5 Å². The van der Waals surface area contributed by atoms with Crippen LogP contribution in [0.25, 0.3) is 10.9 Å². The zero-order valence-electron chi connectivity index (χ0n) is 17.6. The highest BCUT2D eigenvalue weighted by molar-refractivity contribution is 5.92. The monoisotopic (exact) mass is 386 g/mol. The molecular formula is C22H34N4O2. The largest absolute Gasteiger partial charge is 0.374 e. The zero-order chi connectivity index (χ0) is 20.1. The molecule has 2 N–H and O–H groups in total. The van der Waals surface area contributed by atoms with Crippen LogP contribution in [0.15, 0.2) is 30.5 Å². The minimum atomic E-state index is -0.189. The molecule has 1 aromatic heterocycles. The van der Waals surface area contributed by atoms with E-state index in [-0.39, 0.29) is 12.1 Å². The third-order valence-electron chi connectivity index (χ3n) is 4.93. The van der Waals surface area contributed by atoms with Crippen LogP contribution < -0.4 is 10.6 Å². The van der Waals surface area contributed by atoms with Crippen molar-refractivity contribution in [1.82, 2.24) is 14.8 Å². The second kappa shape index (κ2) is 9.43. The molecule has 1 unspecified atom stereocenters. The minimum absolute atomic E-state index is 0.0470. The van der Waals surface area contributed by atoms with Crippen LogP contribution in [-0.4, -0.2) is 54.4 Å². The first-order valence-electron chi connectivity index (χ1n) is 10.4. The number of anilines is 1. The number of carbonyl (C=O) groups excluding carboxylic acids is 1. The van der Waals surface area contributed by atoms with Crippen molar-refractivity contribution in [2.45, 2.75) is 40.3 Å². The van der Waals surface area contributed by atoms with Crippen molar-refractivity contribution in [3.05, 3.63) is 30.5 Å². The number of aromatic nitrogens is 1. The van der Waals surface area contributed by atoms with E-state index in [4.69, 9.17) is 4.74 Å². The summed E-state index contributed by atoms with van der Waals surface area (Å²) in [7, 11) is 0. The van der Waals surface area contributed by atoms with Crippen molar-refractivity contribution in [2.75, 3.05) is 38.1 Å². The van der Waals surface area contributed by atoms with Crippen molar-refractivity contribution < 1.29 is 9.53 Å². The lowest BCUT2D eigenvalue weighted by Gasteiger charge is -2.33. The van der Waals surface area contributed by atoms with Gasteiger partial charge in [0.25, 0.3) is 0 Å². The first-order chi connectivity index (χ1) is 13.4. The van der Waals surface area contributed by atoms with E-state index >= 15 is 0 Å². The van der Waals surface area contributed by atoms with E-state index in [9.17, 15) is 4.79 Å². The summed E-state index contributed by atoms with van der Waals surface area (Å²) < 4.78 is 8.05. The predicted octanol–water partition coefficient (Wildman–Crippen LogP) is 3.78. The molecule has 6 heteroatoms. The van der Waals surface area contributed by atoms with Crippen molar-refractivity contribution >= 4 is 22.6 Å². The van der Waals surface area contributed by atoms with Crippen LogP contribution in [0.4, 0.5) is 10.5 Å². The van der Waals surface area contributed by atoms with Gasteiger partial charge in [-0.15, -0.1) is 0 Å². The number of carbonyl (C=O) groups is 1. The second-order valence-electron chi connectivity index (χ2n) is 8.62. The van der Waals surface area contributed by atoms with Gasteiger partial charge in [0.15, 0.2) is 0 Å². The third-order valence-corrected chi connectivity index (χ3v) is 4.93. The summed E-state index contributed by atoms with van der Waals surface area (Å²) in [6.07, 6.45) is 2.16. The Morgan fingerprint density at radius 1 is 1.18 bits per heavy atom. The number of nitrogens with one attached hydrogen (secondary N) is 2. The Kier molecular flexibility index (Phi) is 6.97. The molecule has 0 bridgehead atoms. The number of urea groups is 1. The Morgan fingerprint density at radius 2 is 1.96 bits per heavy atom. The number of ether oxygens (including phenoxy) is 1. The summed E-state index contributed by atoms with van der Waals surface area (Å²) in [5.74, 6) is 1.23. The van der Waals surface area contributed by atoms with Crippen LogP contribution in [0.5, 0.6) is 0 Å². The van der Waals surface area contributed by atoms with E-state index in [0.29, 0.717) is 18.4 Å². The fourth-order valence-corrected chi connectivity index (χ4v) is 3.80. The molecule has 2 heterocycles. The van der Waals surface area contributed by atoms with Crippen LogP contribution >= 0.6 is 0 Å². The molecule has 28 heavy (non-hydrogen) atoms. The van der Waals surface area contributed by atoms with Crippen molar-refractivity contribution in [2.24, 2.45) is 11.8 Å². The molecule has 1 saturated heterocycles. The molecule has 154 valence electrons. The number of amides is 2. The Labute approximate surface area is 168 Å². The predicted molar refractivity (Wildman–Crippen MR) is 115 cm³/mol. The maximum absolute atomic E-state index is 12.3. The van der Waals surface area contributed by atoms with Crippen LogP contribution in [0, 0.1) is 11.8 Å². The molecule has 1 fully saturated rings. The number of hydrogen-bond acceptors (Lipinski definition) is 3. The van der Waals surface area contributed by atoms with Crippen molar-refractivity contribution in [3.8, 4) is 0 Å². The molecule has 0 spiro atoms. The molecular weight excluding hydrogens is 352 g/mol. The summed E-state index contributed by atoms with van der Waals surface area (Å²) in [5, 5.41) is 7.02. The smallest absolute Gasteiger partial charge is 0.319 e. The van der Waals surface area contributed by atoms with Crippen molar-refractivity contribution in [3.63, 3.8) is 0 Å². The number of rotatable bonds is 7. The van der Waals surface area contributed by atoms with Crippen LogP contribution in [-0.2, 0) is 11.3 Å². The number of benzene rings is 1. The lowest BCUT2D eigenvalue weighted by molar-refractivity contribution is -0.0288. The lowest BCUT2D eigenvalue weighted by atomic mass is 10.2. The summed E-state index contributed by atoms with van der Waals surface area (Å²) in [6.45, 7) is 14.0. The van der Waals surface area contributed by atoms with Crippen molar-refractivity contribution in [1.29, 1.82) is 0 Å².